The third kappa shape index (κ3) is 4.88. The molecule has 1 amide bonds. The van der Waals surface area contributed by atoms with Crippen LogP contribution in [0.1, 0.15) is 41.3 Å². The normalized spacial score (nSPS) is 15.2. The molecule has 3 N–H and O–H groups in total. The van der Waals surface area contributed by atoms with Crippen molar-refractivity contribution in [1.82, 2.24) is 9.21 Å². The van der Waals surface area contributed by atoms with Gasteiger partial charge in [-0.3, -0.25) is 10.2 Å². The number of nitrogens with zero attached hydrogens (tertiary/aromatic N) is 2. The van der Waals surface area contributed by atoms with Gasteiger partial charge in [0, 0.05) is 37.3 Å². The minimum Gasteiger partial charge on any atom is -0.384 e. The number of amidine groups is 1. The molecular formula is C22H28N4O3S. The van der Waals surface area contributed by atoms with E-state index in [1.54, 1.807) is 41.3 Å². The van der Waals surface area contributed by atoms with Crippen LogP contribution in [-0.2, 0) is 16.4 Å². The second-order valence-corrected chi connectivity index (χ2v) is 9.37. The molecule has 0 bridgehead atoms. The average molecular weight is 429 g/mol. The zero-order chi connectivity index (χ0) is 21.7. The summed E-state index contributed by atoms with van der Waals surface area (Å²) in [7, 11) is -3.57. The number of unbranched alkanes of at least 4 members (excludes halogenated alkanes) is 1. The molecule has 3 rings (SSSR count). The van der Waals surface area contributed by atoms with Crippen LogP contribution in [0.4, 0.5) is 0 Å². The molecule has 0 saturated carbocycles. The molecule has 1 fully saturated rings. The van der Waals surface area contributed by atoms with Gasteiger partial charge in [0.2, 0.25) is 10.0 Å². The first kappa shape index (κ1) is 22.0. The monoisotopic (exact) mass is 428 g/mol. The van der Waals surface area contributed by atoms with Gasteiger partial charge in [0.15, 0.2) is 0 Å². The third-order valence-corrected chi connectivity index (χ3v) is 7.26. The number of nitrogens with two attached hydrogens (primary N) is 1. The summed E-state index contributed by atoms with van der Waals surface area (Å²) >= 11 is 0. The van der Waals surface area contributed by atoms with Crippen LogP contribution >= 0.6 is 0 Å². The Kier molecular flexibility index (Phi) is 6.89. The first-order valence-electron chi connectivity index (χ1n) is 10.2. The highest BCUT2D eigenvalue weighted by Gasteiger charge is 2.30. The summed E-state index contributed by atoms with van der Waals surface area (Å²) < 4.78 is 27.3. The van der Waals surface area contributed by atoms with Crippen molar-refractivity contribution in [3.63, 3.8) is 0 Å². The van der Waals surface area contributed by atoms with Gasteiger partial charge in [-0.2, -0.15) is 4.31 Å². The van der Waals surface area contributed by atoms with E-state index in [2.05, 4.69) is 6.92 Å². The van der Waals surface area contributed by atoms with Crippen molar-refractivity contribution < 1.29 is 13.2 Å². The van der Waals surface area contributed by atoms with Crippen molar-refractivity contribution in [3.8, 4) is 0 Å². The predicted molar refractivity (Wildman–Crippen MR) is 117 cm³/mol. The fraction of sp³-hybridized carbons (Fsp3) is 0.364. The van der Waals surface area contributed by atoms with E-state index in [9.17, 15) is 13.2 Å². The maximum atomic E-state index is 13.0. The maximum Gasteiger partial charge on any atom is 0.253 e. The minimum absolute atomic E-state index is 0.0498. The molecule has 1 heterocycles. The van der Waals surface area contributed by atoms with Gasteiger partial charge in [-0.25, -0.2) is 8.42 Å². The summed E-state index contributed by atoms with van der Waals surface area (Å²) in [4.78, 5) is 14.7. The van der Waals surface area contributed by atoms with E-state index in [-0.39, 0.29) is 24.8 Å². The van der Waals surface area contributed by atoms with Crippen LogP contribution in [0.15, 0.2) is 53.4 Å². The lowest BCUT2D eigenvalue weighted by molar-refractivity contribution is 0.0698. The van der Waals surface area contributed by atoms with E-state index in [0.29, 0.717) is 29.1 Å². The second-order valence-electron chi connectivity index (χ2n) is 7.43. The van der Waals surface area contributed by atoms with Gasteiger partial charge >= 0.3 is 0 Å². The highest BCUT2D eigenvalue weighted by Crippen LogP contribution is 2.20. The molecule has 30 heavy (non-hydrogen) atoms. The first-order chi connectivity index (χ1) is 14.3. The molecule has 160 valence electrons. The summed E-state index contributed by atoms with van der Waals surface area (Å²) in [6, 6.07) is 13.7. The van der Waals surface area contributed by atoms with Gasteiger partial charge in [-0.1, -0.05) is 37.6 Å². The topological polar surface area (TPSA) is 108 Å². The SMILES string of the molecule is CCCCc1ccc(S(=O)(=O)N2CCN(C(=O)c3ccc(C(=N)N)cc3)CC2)cc1. The van der Waals surface area contributed by atoms with Gasteiger partial charge < -0.3 is 10.6 Å². The highest BCUT2D eigenvalue weighted by molar-refractivity contribution is 7.89. The lowest BCUT2D eigenvalue weighted by atomic mass is 10.1. The minimum atomic E-state index is -3.57. The van der Waals surface area contributed by atoms with Gasteiger partial charge in [-0.05, 0) is 42.7 Å². The Bertz CT molecular complexity index is 994. The van der Waals surface area contributed by atoms with E-state index < -0.39 is 10.0 Å². The largest absolute Gasteiger partial charge is 0.384 e. The van der Waals surface area contributed by atoms with E-state index >= 15 is 0 Å². The molecule has 1 saturated heterocycles. The van der Waals surface area contributed by atoms with Gasteiger partial charge in [0.1, 0.15) is 5.84 Å². The summed E-state index contributed by atoms with van der Waals surface area (Å²) in [5.74, 6) is -0.200. The Morgan fingerprint density at radius 3 is 2.07 bits per heavy atom. The number of nitrogen functional groups attached to an aromatic ring is 1. The Balaban J connectivity index is 1.62. The second kappa shape index (κ2) is 9.40. The number of amides is 1. The number of nitrogens with one attached hydrogen (secondary N) is 1. The van der Waals surface area contributed by atoms with Crippen LogP contribution in [0, 0.1) is 5.41 Å². The van der Waals surface area contributed by atoms with E-state index in [1.165, 1.54) is 4.31 Å². The summed E-state index contributed by atoms with van der Waals surface area (Å²) in [5.41, 5.74) is 7.64. The third-order valence-electron chi connectivity index (χ3n) is 5.35. The van der Waals surface area contributed by atoms with Crippen molar-refractivity contribution in [1.29, 1.82) is 5.41 Å². The number of sulfonamides is 1. The van der Waals surface area contributed by atoms with Crippen LogP contribution in [-0.4, -0.2) is 55.5 Å². The van der Waals surface area contributed by atoms with Crippen LogP contribution in [0.25, 0.3) is 0 Å². The Morgan fingerprint density at radius 1 is 0.967 bits per heavy atom. The molecule has 0 aromatic heterocycles. The Hall–Kier alpha value is -2.71. The number of carbonyl (C=O) groups excluding carboxylic acids is 1. The fourth-order valence-corrected chi connectivity index (χ4v) is 4.89. The zero-order valence-electron chi connectivity index (χ0n) is 17.2. The summed E-state index contributed by atoms with van der Waals surface area (Å²) in [5, 5.41) is 7.42. The summed E-state index contributed by atoms with van der Waals surface area (Å²) in [6.45, 7) is 3.32. The maximum absolute atomic E-state index is 13.0. The number of benzene rings is 2. The summed E-state index contributed by atoms with van der Waals surface area (Å²) in [6.07, 6.45) is 3.13. The van der Waals surface area contributed by atoms with Crippen LogP contribution in [0.5, 0.6) is 0 Å². The molecule has 0 unspecified atom stereocenters. The number of hydrogen-bond donors (Lipinski definition) is 2. The quantitative estimate of drug-likeness (QED) is 0.522. The van der Waals surface area contributed by atoms with Crippen LogP contribution in [0.2, 0.25) is 0 Å². The molecule has 0 radical (unpaired) electrons. The molecule has 7 nitrogen and oxygen atoms in total. The van der Waals surface area contributed by atoms with Crippen molar-refractivity contribution in [3.05, 3.63) is 65.2 Å². The molecule has 8 heteroatoms. The lowest BCUT2D eigenvalue weighted by Gasteiger charge is -2.34. The number of rotatable bonds is 7. The van der Waals surface area contributed by atoms with Crippen molar-refractivity contribution >= 4 is 21.8 Å². The number of carbonyl (C=O) groups is 1. The van der Waals surface area contributed by atoms with E-state index in [1.807, 2.05) is 12.1 Å². The first-order valence-corrected chi connectivity index (χ1v) is 11.6. The van der Waals surface area contributed by atoms with Crippen molar-refractivity contribution in [2.75, 3.05) is 26.2 Å². The molecular weight excluding hydrogens is 400 g/mol. The predicted octanol–water partition coefficient (Wildman–Crippen LogP) is 2.46. The van der Waals surface area contributed by atoms with E-state index in [0.717, 1.165) is 24.8 Å². The number of hydrogen-bond acceptors (Lipinski definition) is 4. The Morgan fingerprint density at radius 2 is 1.53 bits per heavy atom. The smallest absolute Gasteiger partial charge is 0.253 e. The van der Waals surface area contributed by atoms with Crippen molar-refractivity contribution in [2.45, 2.75) is 31.1 Å². The van der Waals surface area contributed by atoms with E-state index in [4.69, 9.17) is 11.1 Å². The molecule has 2 aromatic rings. The highest BCUT2D eigenvalue weighted by atomic mass is 32.2. The molecule has 1 aliphatic heterocycles. The molecule has 0 spiro atoms. The number of aryl methyl sites for hydroxylation is 1. The Labute approximate surface area is 178 Å². The molecule has 2 aromatic carbocycles. The molecule has 0 aliphatic carbocycles. The van der Waals surface area contributed by atoms with Crippen molar-refractivity contribution in [2.24, 2.45) is 5.73 Å². The van der Waals surface area contributed by atoms with Crippen LogP contribution in [0.3, 0.4) is 0 Å². The lowest BCUT2D eigenvalue weighted by Crippen LogP contribution is -2.50. The van der Waals surface area contributed by atoms with Gasteiger partial charge in [0.05, 0.1) is 4.90 Å². The standard InChI is InChI=1S/C22H28N4O3S/c1-2-3-4-17-5-11-20(12-6-17)30(28,29)26-15-13-25(14-16-26)22(27)19-9-7-18(8-10-19)21(23)24/h5-12H,2-4,13-16H2,1H3,(H3,23,24). The average Bonchev–Trinajstić information content (AvgIpc) is 2.77. The zero-order valence-corrected chi connectivity index (χ0v) is 18.0. The van der Waals surface area contributed by atoms with Gasteiger partial charge in [-0.15, -0.1) is 0 Å². The molecule has 0 atom stereocenters. The fourth-order valence-electron chi connectivity index (χ4n) is 3.46. The van der Waals surface area contributed by atoms with Gasteiger partial charge in [0.25, 0.3) is 5.91 Å². The number of piperazine rings is 1. The van der Waals surface area contributed by atoms with Crippen LogP contribution < -0.4 is 5.73 Å². The molecule has 1 aliphatic rings.